The van der Waals surface area contributed by atoms with E-state index in [0.29, 0.717) is 37.0 Å². The number of ether oxygens (including phenoxy) is 1. The molecule has 1 aromatic carbocycles. The topological polar surface area (TPSA) is 79.0 Å². The molecule has 27 heavy (non-hydrogen) atoms. The minimum Gasteiger partial charge on any atom is -0.495 e. The second-order valence-corrected chi connectivity index (χ2v) is 7.68. The number of nitrogens with one attached hydrogen (secondary N) is 1. The highest BCUT2D eigenvalue weighted by atomic mass is 16.5. The maximum Gasteiger partial charge on any atom is 0.229 e. The molecule has 3 amide bonds. The van der Waals surface area contributed by atoms with Crippen LogP contribution >= 0.6 is 0 Å². The molecule has 0 unspecified atom stereocenters. The Morgan fingerprint density at radius 2 is 1.93 bits per heavy atom. The molecule has 1 aromatic rings. The predicted octanol–water partition coefficient (Wildman–Crippen LogP) is 1.42. The van der Waals surface area contributed by atoms with Crippen LogP contribution in [-0.2, 0) is 14.4 Å². The van der Waals surface area contributed by atoms with Crippen molar-refractivity contribution in [2.24, 2.45) is 11.8 Å². The number of para-hydroxylation sites is 2. The number of methoxy groups -OCH3 is 1. The van der Waals surface area contributed by atoms with Crippen molar-refractivity contribution in [1.82, 2.24) is 10.2 Å². The second-order valence-electron chi connectivity index (χ2n) is 7.68. The molecule has 1 N–H and O–H groups in total. The minimum absolute atomic E-state index is 0.0296. The SMILES string of the molecule is COc1ccccc1N1C[C@H](NC(=O)[C@H]2CC(=O)N(CC(C)C)C2)CC1=O. The lowest BCUT2D eigenvalue weighted by Gasteiger charge is -2.21. The van der Waals surface area contributed by atoms with E-state index in [9.17, 15) is 14.4 Å². The number of carbonyl (C=O) groups is 3. The fourth-order valence-electron chi connectivity index (χ4n) is 3.77. The summed E-state index contributed by atoms with van der Waals surface area (Å²) in [4.78, 5) is 40.5. The quantitative estimate of drug-likeness (QED) is 0.818. The summed E-state index contributed by atoms with van der Waals surface area (Å²) >= 11 is 0. The number of amides is 3. The minimum atomic E-state index is -0.341. The van der Waals surface area contributed by atoms with E-state index < -0.39 is 0 Å². The molecule has 0 saturated carbocycles. The summed E-state index contributed by atoms with van der Waals surface area (Å²) in [7, 11) is 1.57. The Labute approximate surface area is 159 Å². The van der Waals surface area contributed by atoms with Gasteiger partial charge >= 0.3 is 0 Å². The van der Waals surface area contributed by atoms with Gasteiger partial charge in [0.05, 0.1) is 24.8 Å². The molecular weight excluding hydrogens is 346 g/mol. The van der Waals surface area contributed by atoms with Gasteiger partial charge in [-0.15, -0.1) is 0 Å². The van der Waals surface area contributed by atoms with Gasteiger partial charge in [-0.1, -0.05) is 26.0 Å². The van der Waals surface area contributed by atoms with Crippen molar-refractivity contribution in [2.45, 2.75) is 32.7 Å². The third-order valence-electron chi connectivity index (χ3n) is 5.02. The van der Waals surface area contributed by atoms with E-state index >= 15 is 0 Å². The fourth-order valence-corrected chi connectivity index (χ4v) is 3.77. The van der Waals surface area contributed by atoms with E-state index in [-0.39, 0.29) is 42.5 Å². The smallest absolute Gasteiger partial charge is 0.229 e. The largest absolute Gasteiger partial charge is 0.495 e. The first kappa shape index (κ1) is 19.2. The first-order valence-corrected chi connectivity index (χ1v) is 9.40. The van der Waals surface area contributed by atoms with Crippen LogP contribution in [0.2, 0.25) is 0 Å². The maximum atomic E-state index is 12.6. The van der Waals surface area contributed by atoms with E-state index in [1.54, 1.807) is 16.9 Å². The van der Waals surface area contributed by atoms with Crippen LogP contribution in [0.15, 0.2) is 24.3 Å². The second kappa shape index (κ2) is 7.98. The molecule has 0 radical (unpaired) electrons. The zero-order valence-electron chi connectivity index (χ0n) is 16.1. The maximum absolute atomic E-state index is 12.6. The van der Waals surface area contributed by atoms with Gasteiger partial charge in [-0.05, 0) is 18.1 Å². The van der Waals surface area contributed by atoms with Crippen LogP contribution in [0, 0.1) is 11.8 Å². The number of nitrogens with zero attached hydrogens (tertiary/aromatic N) is 2. The zero-order valence-corrected chi connectivity index (χ0v) is 16.1. The summed E-state index contributed by atoms with van der Waals surface area (Å²) in [6.07, 6.45) is 0.496. The number of carbonyl (C=O) groups excluding carboxylic acids is 3. The van der Waals surface area contributed by atoms with Crippen LogP contribution in [0.3, 0.4) is 0 Å². The molecule has 0 aromatic heterocycles. The van der Waals surface area contributed by atoms with Gasteiger partial charge in [0, 0.05) is 32.5 Å². The highest BCUT2D eigenvalue weighted by molar-refractivity contribution is 5.98. The Bertz CT molecular complexity index is 734. The Kier molecular flexibility index (Phi) is 5.68. The van der Waals surface area contributed by atoms with Gasteiger partial charge in [-0.2, -0.15) is 0 Å². The molecule has 0 aliphatic carbocycles. The number of anilines is 1. The van der Waals surface area contributed by atoms with Crippen molar-refractivity contribution in [3.8, 4) is 5.75 Å². The molecule has 7 heteroatoms. The van der Waals surface area contributed by atoms with Gasteiger partial charge in [0.15, 0.2) is 0 Å². The standard InChI is InChI=1S/C20H27N3O4/c1-13(2)10-22-11-14(8-18(22)24)20(26)21-15-9-19(25)23(12-15)16-6-4-5-7-17(16)27-3/h4-7,13-15H,8-12H2,1-3H3,(H,21,26)/t14-,15+/m0/s1. The number of benzene rings is 1. The first-order chi connectivity index (χ1) is 12.9. The van der Waals surface area contributed by atoms with Gasteiger partial charge in [-0.25, -0.2) is 0 Å². The van der Waals surface area contributed by atoms with Gasteiger partial charge in [0.1, 0.15) is 5.75 Å². The summed E-state index contributed by atoms with van der Waals surface area (Å²) < 4.78 is 5.33. The molecule has 7 nitrogen and oxygen atoms in total. The Morgan fingerprint density at radius 3 is 2.63 bits per heavy atom. The van der Waals surface area contributed by atoms with Gasteiger partial charge in [-0.3, -0.25) is 14.4 Å². The number of likely N-dealkylation sites (tertiary alicyclic amines) is 1. The summed E-state index contributed by atoms with van der Waals surface area (Å²) in [6.45, 7) is 5.64. The van der Waals surface area contributed by atoms with Gasteiger partial charge < -0.3 is 19.9 Å². The Hall–Kier alpha value is -2.57. The highest BCUT2D eigenvalue weighted by Gasteiger charge is 2.38. The molecule has 2 aliphatic heterocycles. The Balaban J connectivity index is 1.60. The van der Waals surface area contributed by atoms with Gasteiger partial charge in [0.25, 0.3) is 0 Å². The molecule has 3 rings (SSSR count). The van der Waals surface area contributed by atoms with Crippen molar-refractivity contribution < 1.29 is 19.1 Å². The van der Waals surface area contributed by atoms with Crippen molar-refractivity contribution in [1.29, 1.82) is 0 Å². The van der Waals surface area contributed by atoms with Crippen molar-refractivity contribution >= 4 is 23.4 Å². The average molecular weight is 373 g/mol. The third kappa shape index (κ3) is 4.23. The summed E-state index contributed by atoms with van der Waals surface area (Å²) in [5.41, 5.74) is 0.709. The normalized spacial score (nSPS) is 22.7. The summed E-state index contributed by atoms with van der Waals surface area (Å²) in [5, 5.41) is 2.96. The van der Waals surface area contributed by atoms with E-state index in [4.69, 9.17) is 4.74 Å². The van der Waals surface area contributed by atoms with Crippen LogP contribution in [0.25, 0.3) is 0 Å². The van der Waals surface area contributed by atoms with E-state index in [1.807, 2.05) is 24.3 Å². The van der Waals surface area contributed by atoms with E-state index in [2.05, 4.69) is 19.2 Å². The van der Waals surface area contributed by atoms with Crippen LogP contribution in [0.1, 0.15) is 26.7 Å². The summed E-state index contributed by atoms with van der Waals surface area (Å²) in [6, 6.07) is 7.08. The number of hydrogen-bond acceptors (Lipinski definition) is 4. The van der Waals surface area contributed by atoms with Crippen LogP contribution in [0.4, 0.5) is 5.69 Å². The third-order valence-corrected chi connectivity index (χ3v) is 5.02. The number of rotatable bonds is 6. The molecular formula is C20H27N3O4. The molecule has 2 atom stereocenters. The lowest BCUT2D eigenvalue weighted by atomic mass is 10.1. The molecule has 2 heterocycles. The Morgan fingerprint density at radius 1 is 1.19 bits per heavy atom. The average Bonchev–Trinajstić information content (AvgIpc) is 3.17. The predicted molar refractivity (Wildman–Crippen MR) is 101 cm³/mol. The number of hydrogen-bond donors (Lipinski definition) is 1. The molecule has 146 valence electrons. The molecule has 2 saturated heterocycles. The van der Waals surface area contributed by atoms with Crippen LogP contribution in [0.5, 0.6) is 5.75 Å². The monoisotopic (exact) mass is 373 g/mol. The fraction of sp³-hybridized carbons (Fsp3) is 0.550. The van der Waals surface area contributed by atoms with Crippen molar-refractivity contribution in [2.75, 3.05) is 31.6 Å². The van der Waals surface area contributed by atoms with Gasteiger partial charge in [0.2, 0.25) is 17.7 Å². The van der Waals surface area contributed by atoms with Crippen molar-refractivity contribution in [3.05, 3.63) is 24.3 Å². The van der Waals surface area contributed by atoms with Crippen LogP contribution < -0.4 is 15.0 Å². The molecule has 0 spiro atoms. The first-order valence-electron chi connectivity index (χ1n) is 9.40. The van der Waals surface area contributed by atoms with Crippen LogP contribution in [-0.4, -0.2) is 55.4 Å². The van der Waals surface area contributed by atoms with E-state index in [0.717, 1.165) is 0 Å². The summed E-state index contributed by atoms with van der Waals surface area (Å²) in [5.74, 6) is 0.498. The molecule has 2 aliphatic rings. The molecule has 0 bridgehead atoms. The lowest BCUT2D eigenvalue weighted by Crippen LogP contribution is -2.41. The highest BCUT2D eigenvalue weighted by Crippen LogP contribution is 2.31. The molecule has 2 fully saturated rings. The lowest BCUT2D eigenvalue weighted by molar-refractivity contribution is -0.129. The van der Waals surface area contributed by atoms with E-state index in [1.165, 1.54) is 0 Å². The van der Waals surface area contributed by atoms with Crippen molar-refractivity contribution in [3.63, 3.8) is 0 Å². The zero-order chi connectivity index (χ0) is 19.6.